The third-order valence-corrected chi connectivity index (χ3v) is 6.41. The number of benzene rings is 1. The molecule has 0 N–H and O–H groups in total. The van der Waals surface area contributed by atoms with E-state index in [1.54, 1.807) is 11.8 Å². The zero-order chi connectivity index (χ0) is 16.4. The van der Waals surface area contributed by atoms with Crippen LogP contribution in [0.2, 0.25) is 0 Å². The average Bonchev–Trinajstić information content (AvgIpc) is 3.02. The van der Waals surface area contributed by atoms with Crippen LogP contribution in [0.25, 0.3) is 10.9 Å². The Morgan fingerprint density at radius 1 is 1.43 bits per heavy atom. The van der Waals surface area contributed by atoms with Crippen LogP contribution in [0.4, 0.5) is 0 Å². The molecule has 1 unspecified atom stereocenters. The molecule has 1 aliphatic heterocycles. The second-order valence-corrected chi connectivity index (χ2v) is 9.05. The van der Waals surface area contributed by atoms with Gasteiger partial charge in [-0.3, -0.25) is 9.36 Å². The normalized spacial score (nSPS) is 18.0. The lowest BCUT2D eigenvalue weighted by Gasteiger charge is -2.16. The lowest BCUT2D eigenvalue weighted by atomic mass is 10.2. The summed E-state index contributed by atoms with van der Waals surface area (Å²) in [6, 6.07) is 4.00. The Bertz CT molecular complexity index is 773. The van der Waals surface area contributed by atoms with Crippen LogP contribution >= 0.6 is 56.9 Å². The van der Waals surface area contributed by atoms with E-state index in [1.165, 1.54) is 0 Å². The molecule has 3 rings (SSSR count). The Morgan fingerprint density at radius 2 is 2.26 bits per heavy atom. The number of aromatic nitrogens is 2. The Balaban J connectivity index is 2.13. The highest BCUT2D eigenvalue weighted by atomic mass is 127. The fraction of sp³-hybridized carbons (Fsp3) is 0.500. The fourth-order valence-electron chi connectivity index (χ4n) is 2.69. The van der Waals surface area contributed by atoms with Gasteiger partial charge in [-0.05, 0) is 76.6 Å². The molecular weight excluding hydrogens is 538 g/mol. The summed E-state index contributed by atoms with van der Waals surface area (Å²) in [6.45, 7) is 3.55. The summed E-state index contributed by atoms with van der Waals surface area (Å²) in [4.78, 5) is 17.9. The van der Waals surface area contributed by atoms with Gasteiger partial charge >= 0.3 is 0 Å². The van der Waals surface area contributed by atoms with Crippen molar-refractivity contribution in [2.24, 2.45) is 0 Å². The second-order valence-electron chi connectivity index (χ2n) is 5.58. The minimum atomic E-state index is 0.0561. The first-order valence-corrected chi connectivity index (χ1v) is 10.9. The topological polar surface area (TPSA) is 44.1 Å². The van der Waals surface area contributed by atoms with E-state index in [-0.39, 0.29) is 11.7 Å². The smallest absolute Gasteiger partial charge is 0.262 e. The van der Waals surface area contributed by atoms with Crippen LogP contribution < -0.4 is 5.56 Å². The number of hydrogen-bond acceptors (Lipinski definition) is 4. The van der Waals surface area contributed by atoms with Crippen LogP contribution in [-0.2, 0) is 11.3 Å². The number of fused-ring (bicyclic) bond motifs is 1. The summed E-state index contributed by atoms with van der Waals surface area (Å²) in [5.74, 6) is 0.963. The van der Waals surface area contributed by atoms with E-state index in [4.69, 9.17) is 9.72 Å². The van der Waals surface area contributed by atoms with Crippen molar-refractivity contribution in [3.8, 4) is 0 Å². The first kappa shape index (κ1) is 17.9. The molecule has 4 nitrogen and oxygen atoms in total. The van der Waals surface area contributed by atoms with E-state index < -0.39 is 0 Å². The minimum Gasteiger partial charge on any atom is -0.376 e. The van der Waals surface area contributed by atoms with E-state index in [0.717, 1.165) is 49.4 Å². The number of halogens is 2. The molecule has 124 valence electrons. The standard InChI is InChI=1S/C16H18I2N2O2S/c1-2-6-23-16-19-14-12(7-10(17)8-13(14)18)15(21)20(16)9-11-4-3-5-22-11/h7-8,11H,2-6,9H2,1H3. The third-order valence-electron chi connectivity index (χ3n) is 3.79. The number of rotatable bonds is 5. The third kappa shape index (κ3) is 4.04. The highest BCUT2D eigenvalue weighted by Gasteiger charge is 2.20. The van der Waals surface area contributed by atoms with Gasteiger partial charge in [0.1, 0.15) is 0 Å². The first-order chi connectivity index (χ1) is 11.1. The van der Waals surface area contributed by atoms with Crippen molar-refractivity contribution in [3.05, 3.63) is 29.6 Å². The molecule has 2 heterocycles. The van der Waals surface area contributed by atoms with Gasteiger partial charge in [-0.15, -0.1) is 0 Å². The van der Waals surface area contributed by atoms with Crippen LogP contribution in [0.5, 0.6) is 0 Å². The molecule has 0 bridgehead atoms. The second kappa shape index (κ2) is 8.01. The summed E-state index contributed by atoms with van der Waals surface area (Å²) >= 11 is 6.18. The van der Waals surface area contributed by atoms with Gasteiger partial charge in [0.05, 0.1) is 23.6 Å². The highest BCUT2D eigenvalue weighted by molar-refractivity contribution is 14.1. The molecule has 1 fully saturated rings. The minimum absolute atomic E-state index is 0.0561. The molecule has 0 spiro atoms. The summed E-state index contributed by atoms with van der Waals surface area (Å²) in [6.07, 6.45) is 3.29. The van der Waals surface area contributed by atoms with Crippen molar-refractivity contribution in [2.45, 2.75) is 44.0 Å². The fourth-order valence-corrected chi connectivity index (χ4v) is 5.51. The van der Waals surface area contributed by atoms with Gasteiger partial charge in [0.2, 0.25) is 0 Å². The van der Waals surface area contributed by atoms with Crippen molar-refractivity contribution in [1.29, 1.82) is 0 Å². The molecule has 1 aromatic heterocycles. The van der Waals surface area contributed by atoms with Crippen LogP contribution in [-0.4, -0.2) is 28.0 Å². The van der Waals surface area contributed by atoms with Crippen molar-refractivity contribution in [3.63, 3.8) is 0 Å². The van der Waals surface area contributed by atoms with Gasteiger partial charge in [0.25, 0.3) is 5.56 Å². The summed E-state index contributed by atoms with van der Waals surface area (Å²) < 4.78 is 9.65. The summed E-state index contributed by atoms with van der Waals surface area (Å²) in [5, 5.41) is 1.53. The van der Waals surface area contributed by atoms with Crippen molar-refractivity contribution >= 4 is 67.8 Å². The molecule has 0 amide bonds. The maximum Gasteiger partial charge on any atom is 0.262 e. The van der Waals surface area contributed by atoms with Crippen molar-refractivity contribution < 1.29 is 4.74 Å². The van der Waals surface area contributed by atoms with Crippen molar-refractivity contribution in [1.82, 2.24) is 9.55 Å². The predicted octanol–water partition coefficient (Wildman–Crippen LogP) is 4.29. The molecule has 0 radical (unpaired) electrons. The van der Waals surface area contributed by atoms with Crippen molar-refractivity contribution in [2.75, 3.05) is 12.4 Å². The van der Waals surface area contributed by atoms with Gasteiger partial charge in [-0.2, -0.15) is 0 Å². The van der Waals surface area contributed by atoms with Gasteiger partial charge in [0.15, 0.2) is 5.16 Å². The number of nitrogens with zero attached hydrogens (tertiary/aromatic N) is 2. The van der Waals surface area contributed by atoms with Crippen LogP contribution in [0.3, 0.4) is 0 Å². The lowest BCUT2D eigenvalue weighted by molar-refractivity contribution is 0.0937. The van der Waals surface area contributed by atoms with Crippen LogP contribution in [0.1, 0.15) is 26.2 Å². The SMILES string of the molecule is CCCSc1nc2c(I)cc(I)cc2c(=O)n1CC1CCCO1. The van der Waals surface area contributed by atoms with E-state index in [9.17, 15) is 4.79 Å². The molecule has 1 aliphatic rings. The molecule has 1 aromatic carbocycles. The average molecular weight is 556 g/mol. The van der Waals surface area contributed by atoms with E-state index in [0.29, 0.717) is 11.9 Å². The Labute approximate surface area is 167 Å². The maximum absolute atomic E-state index is 13.1. The van der Waals surface area contributed by atoms with Gasteiger partial charge < -0.3 is 4.74 Å². The predicted molar refractivity (Wildman–Crippen MR) is 111 cm³/mol. The molecule has 7 heteroatoms. The first-order valence-electron chi connectivity index (χ1n) is 7.74. The summed E-state index contributed by atoms with van der Waals surface area (Å²) in [5.41, 5.74) is 0.874. The molecule has 1 saturated heterocycles. The van der Waals surface area contributed by atoms with Crippen LogP contribution in [0, 0.1) is 7.14 Å². The Morgan fingerprint density at radius 3 is 2.96 bits per heavy atom. The number of hydrogen-bond donors (Lipinski definition) is 0. The van der Waals surface area contributed by atoms with Gasteiger partial charge in [-0.1, -0.05) is 18.7 Å². The maximum atomic E-state index is 13.1. The van der Waals surface area contributed by atoms with Gasteiger partial charge in [-0.25, -0.2) is 4.98 Å². The van der Waals surface area contributed by atoms with E-state index in [2.05, 4.69) is 58.2 Å². The van der Waals surface area contributed by atoms with Gasteiger partial charge in [0, 0.05) is 19.5 Å². The molecular formula is C16H18I2N2O2S. The lowest BCUT2D eigenvalue weighted by Crippen LogP contribution is -2.29. The zero-order valence-electron chi connectivity index (χ0n) is 12.8. The highest BCUT2D eigenvalue weighted by Crippen LogP contribution is 2.25. The van der Waals surface area contributed by atoms with E-state index in [1.807, 2.05) is 10.6 Å². The monoisotopic (exact) mass is 556 g/mol. The molecule has 2 aromatic rings. The molecule has 0 aliphatic carbocycles. The number of thioether (sulfide) groups is 1. The molecule has 0 saturated carbocycles. The summed E-state index contributed by atoms with van der Waals surface area (Å²) in [7, 11) is 0. The Kier molecular flexibility index (Phi) is 6.24. The largest absolute Gasteiger partial charge is 0.376 e. The quantitative estimate of drug-likeness (QED) is 0.314. The number of ether oxygens (including phenoxy) is 1. The zero-order valence-corrected chi connectivity index (χ0v) is 18.0. The van der Waals surface area contributed by atoms with E-state index >= 15 is 0 Å². The molecule has 1 atom stereocenters. The van der Waals surface area contributed by atoms with Crippen LogP contribution in [0.15, 0.2) is 22.1 Å². The Hall–Kier alpha value is 0.130. The molecule has 23 heavy (non-hydrogen) atoms.